The van der Waals surface area contributed by atoms with Gasteiger partial charge in [-0.15, -0.1) is 0 Å². The van der Waals surface area contributed by atoms with Gasteiger partial charge in [0.15, 0.2) is 5.96 Å². The monoisotopic (exact) mass is 376 g/mol. The number of aliphatic imine (C=N–C) groups is 1. The number of hydrogen-bond donors (Lipinski definition) is 2. The standard InChI is InChI=1S/C19H26F2N6/c1-14-11-24-27(12-14)8-3-7-23-19(22-2)25-16-6-9-26(13-16)18-5-4-15(20)10-17(18)21/h4-5,10-12,16H,3,6-9,13H2,1-2H3,(H2,22,23,25). The number of hydrogen-bond acceptors (Lipinski definition) is 3. The molecule has 1 aliphatic heterocycles. The van der Waals surface area contributed by atoms with Gasteiger partial charge < -0.3 is 15.5 Å². The Balaban J connectivity index is 1.43. The van der Waals surface area contributed by atoms with Crippen molar-refractivity contribution in [3.05, 3.63) is 47.8 Å². The van der Waals surface area contributed by atoms with Crippen molar-refractivity contribution < 1.29 is 8.78 Å². The van der Waals surface area contributed by atoms with E-state index in [2.05, 4.69) is 20.7 Å². The second kappa shape index (κ2) is 8.83. The molecule has 27 heavy (non-hydrogen) atoms. The van der Waals surface area contributed by atoms with Crippen molar-refractivity contribution >= 4 is 11.6 Å². The maximum Gasteiger partial charge on any atom is 0.191 e. The van der Waals surface area contributed by atoms with Gasteiger partial charge in [-0.05, 0) is 37.5 Å². The summed E-state index contributed by atoms with van der Waals surface area (Å²) >= 11 is 0. The predicted octanol–water partition coefficient (Wildman–Crippen LogP) is 2.30. The van der Waals surface area contributed by atoms with Crippen LogP contribution in [-0.2, 0) is 6.54 Å². The zero-order valence-electron chi connectivity index (χ0n) is 15.8. The number of halogens is 2. The van der Waals surface area contributed by atoms with Crippen LogP contribution < -0.4 is 15.5 Å². The SMILES string of the molecule is CN=C(NCCCn1cc(C)cn1)NC1CCN(c2ccc(F)cc2F)C1. The van der Waals surface area contributed by atoms with Crippen LogP contribution in [0.25, 0.3) is 0 Å². The lowest BCUT2D eigenvalue weighted by atomic mass is 10.2. The quantitative estimate of drug-likeness (QED) is 0.462. The summed E-state index contributed by atoms with van der Waals surface area (Å²) in [4.78, 5) is 6.19. The van der Waals surface area contributed by atoms with Crippen LogP contribution in [0.15, 0.2) is 35.6 Å². The summed E-state index contributed by atoms with van der Waals surface area (Å²) < 4.78 is 29.0. The van der Waals surface area contributed by atoms with Crippen LogP contribution in [0.2, 0.25) is 0 Å². The van der Waals surface area contributed by atoms with Gasteiger partial charge in [-0.3, -0.25) is 9.67 Å². The van der Waals surface area contributed by atoms with Gasteiger partial charge in [-0.1, -0.05) is 0 Å². The first kappa shape index (κ1) is 19.1. The van der Waals surface area contributed by atoms with Crippen LogP contribution in [0, 0.1) is 18.6 Å². The van der Waals surface area contributed by atoms with E-state index in [9.17, 15) is 8.78 Å². The van der Waals surface area contributed by atoms with Crippen molar-refractivity contribution in [2.45, 2.75) is 32.4 Å². The van der Waals surface area contributed by atoms with E-state index in [0.717, 1.165) is 50.1 Å². The van der Waals surface area contributed by atoms with E-state index >= 15 is 0 Å². The highest BCUT2D eigenvalue weighted by Gasteiger charge is 2.25. The molecule has 3 rings (SSSR count). The van der Waals surface area contributed by atoms with Crippen LogP contribution >= 0.6 is 0 Å². The minimum Gasteiger partial charge on any atom is -0.367 e. The Labute approximate surface area is 158 Å². The molecular formula is C19H26F2N6. The molecule has 1 saturated heterocycles. The van der Waals surface area contributed by atoms with Crippen LogP contribution in [0.4, 0.5) is 14.5 Å². The maximum absolute atomic E-state index is 14.0. The smallest absolute Gasteiger partial charge is 0.191 e. The number of aryl methyl sites for hydroxylation is 2. The van der Waals surface area contributed by atoms with E-state index < -0.39 is 11.6 Å². The Kier molecular flexibility index (Phi) is 6.26. The number of nitrogens with zero attached hydrogens (tertiary/aromatic N) is 4. The Bertz CT molecular complexity index is 788. The van der Waals surface area contributed by atoms with Crippen molar-refractivity contribution in [2.75, 3.05) is 31.6 Å². The normalized spacial score (nSPS) is 17.4. The Morgan fingerprint density at radius 1 is 1.37 bits per heavy atom. The fourth-order valence-electron chi connectivity index (χ4n) is 3.26. The van der Waals surface area contributed by atoms with Crippen molar-refractivity contribution in [3.8, 4) is 0 Å². The van der Waals surface area contributed by atoms with E-state index in [1.165, 1.54) is 12.1 Å². The van der Waals surface area contributed by atoms with Crippen molar-refractivity contribution in [3.63, 3.8) is 0 Å². The third-order valence-electron chi connectivity index (χ3n) is 4.62. The molecule has 0 spiro atoms. The van der Waals surface area contributed by atoms with E-state index in [4.69, 9.17) is 0 Å². The average Bonchev–Trinajstić information content (AvgIpc) is 3.26. The van der Waals surface area contributed by atoms with Crippen LogP contribution in [0.5, 0.6) is 0 Å². The van der Waals surface area contributed by atoms with Crippen LogP contribution in [-0.4, -0.2) is 48.5 Å². The minimum absolute atomic E-state index is 0.161. The highest BCUT2D eigenvalue weighted by Crippen LogP contribution is 2.24. The number of nitrogens with one attached hydrogen (secondary N) is 2. The number of anilines is 1. The number of benzene rings is 1. The number of guanidine groups is 1. The van der Waals surface area contributed by atoms with E-state index in [1.807, 2.05) is 28.9 Å². The van der Waals surface area contributed by atoms with Gasteiger partial charge >= 0.3 is 0 Å². The van der Waals surface area contributed by atoms with E-state index in [1.54, 1.807) is 7.05 Å². The first-order valence-electron chi connectivity index (χ1n) is 9.21. The lowest BCUT2D eigenvalue weighted by Crippen LogP contribution is -2.45. The third-order valence-corrected chi connectivity index (χ3v) is 4.62. The van der Waals surface area contributed by atoms with Crippen molar-refractivity contribution in [2.24, 2.45) is 4.99 Å². The molecule has 2 aromatic rings. The number of aromatic nitrogens is 2. The molecule has 1 fully saturated rings. The second-order valence-corrected chi connectivity index (χ2v) is 6.80. The van der Waals surface area contributed by atoms with Gasteiger partial charge in [-0.25, -0.2) is 8.78 Å². The van der Waals surface area contributed by atoms with Gasteiger partial charge in [0.2, 0.25) is 0 Å². The predicted molar refractivity (Wildman–Crippen MR) is 103 cm³/mol. The van der Waals surface area contributed by atoms with Crippen molar-refractivity contribution in [1.82, 2.24) is 20.4 Å². The Morgan fingerprint density at radius 3 is 2.93 bits per heavy atom. The minimum atomic E-state index is -0.556. The fourth-order valence-corrected chi connectivity index (χ4v) is 3.26. The zero-order valence-corrected chi connectivity index (χ0v) is 15.8. The first-order valence-corrected chi connectivity index (χ1v) is 9.21. The molecule has 0 bridgehead atoms. The number of rotatable bonds is 6. The van der Waals surface area contributed by atoms with Crippen LogP contribution in [0.1, 0.15) is 18.4 Å². The average molecular weight is 376 g/mol. The summed E-state index contributed by atoms with van der Waals surface area (Å²) in [5, 5.41) is 10.9. The first-order chi connectivity index (χ1) is 13.0. The summed E-state index contributed by atoms with van der Waals surface area (Å²) in [6.07, 6.45) is 5.67. The molecule has 1 unspecified atom stereocenters. The van der Waals surface area contributed by atoms with Gasteiger partial charge in [0.25, 0.3) is 0 Å². The summed E-state index contributed by atoms with van der Waals surface area (Å²) in [6, 6.07) is 3.88. The molecule has 1 aliphatic rings. The summed E-state index contributed by atoms with van der Waals surface area (Å²) in [6.45, 7) is 5.02. The lowest BCUT2D eigenvalue weighted by Gasteiger charge is -2.21. The molecule has 2 heterocycles. The molecule has 0 saturated carbocycles. The third kappa shape index (κ3) is 5.18. The topological polar surface area (TPSA) is 57.5 Å². The Hall–Kier alpha value is -2.64. The highest BCUT2D eigenvalue weighted by atomic mass is 19.1. The van der Waals surface area contributed by atoms with Crippen LogP contribution in [0.3, 0.4) is 0 Å². The Morgan fingerprint density at radius 2 is 2.22 bits per heavy atom. The molecular weight excluding hydrogens is 350 g/mol. The molecule has 1 aromatic heterocycles. The van der Waals surface area contributed by atoms with E-state index in [0.29, 0.717) is 12.2 Å². The molecule has 2 N–H and O–H groups in total. The maximum atomic E-state index is 14.0. The van der Waals surface area contributed by atoms with Gasteiger partial charge in [0, 0.05) is 51.5 Å². The molecule has 6 nitrogen and oxygen atoms in total. The highest BCUT2D eigenvalue weighted by molar-refractivity contribution is 5.80. The second-order valence-electron chi connectivity index (χ2n) is 6.80. The lowest BCUT2D eigenvalue weighted by molar-refractivity contribution is 0.565. The largest absolute Gasteiger partial charge is 0.367 e. The molecule has 146 valence electrons. The molecule has 1 aromatic carbocycles. The zero-order chi connectivity index (χ0) is 19.2. The van der Waals surface area contributed by atoms with Gasteiger partial charge in [-0.2, -0.15) is 5.10 Å². The molecule has 0 radical (unpaired) electrons. The van der Waals surface area contributed by atoms with Gasteiger partial charge in [0.05, 0.1) is 11.9 Å². The van der Waals surface area contributed by atoms with E-state index in [-0.39, 0.29) is 6.04 Å². The molecule has 1 atom stereocenters. The fraction of sp³-hybridized carbons (Fsp3) is 0.474. The summed E-state index contributed by atoms with van der Waals surface area (Å²) in [5.41, 5.74) is 1.60. The molecule has 0 aliphatic carbocycles. The summed E-state index contributed by atoms with van der Waals surface area (Å²) in [5.74, 6) is -0.343. The molecule has 8 heteroatoms. The summed E-state index contributed by atoms with van der Waals surface area (Å²) in [7, 11) is 1.73. The van der Waals surface area contributed by atoms with Gasteiger partial charge in [0.1, 0.15) is 11.6 Å². The van der Waals surface area contributed by atoms with Crippen molar-refractivity contribution in [1.29, 1.82) is 0 Å². The molecule has 0 amide bonds.